The Balaban J connectivity index is 1.46. The molecule has 32 heavy (non-hydrogen) atoms. The number of nitrogens with zero attached hydrogens (tertiary/aromatic N) is 3. The standard InChI is InChI=1S/C21H33ClN4O4S2/c1-24(2)32(29,30)23-9-4-12-31(27,28)26-10-3-5-17-15-25-11-8-16-6-7-18(22)13-19(16)21(25)14-20(17)26/h6-7,13,17,20-21,23H,3-5,8-12,14-15H2,1-2H3/t17-,20+,21+/m1/s1. The fraction of sp³-hybridized carbons (Fsp3) is 0.714. The second kappa shape index (κ2) is 9.48. The van der Waals surface area contributed by atoms with E-state index in [1.165, 1.54) is 25.2 Å². The van der Waals surface area contributed by atoms with Gasteiger partial charge in [-0.1, -0.05) is 17.7 Å². The summed E-state index contributed by atoms with van der Waals surface area (Å²) in [6.07, 6.45) is 3.95. The summed E-state index contributed by atoms with van der Waals surface area (Å²) in [5, 5.41) is 0.723. The molecule has 0 aliphatic carbocycles. The monoisotopic (exact) mass is 504 g/mol. The Morgan fingerprint density at radius 3 is 2.72 bits per heavy atom. The maximum atomic E-state index is 13.3. The van der Waals surface area contributed by atoms with Crippen molar-refractivity contribution < 1.29 is 16.8 Å². The molecule has 2 fully saturated rings. The van der Waals surface area contributed by atoms with Gasteiger partial charge in [0.2, 0.25) is 10.0 Å². The summed E-state index contributed by atoms with van der Waals surface area (Å²) in [4.78, 5) is 2.51. The van der Waals surface area contributed by atoms with Gasteiger partial charge in [-0.15, -0.1) is 0 Å². The molecule has 3 atom stereocenters. The van der Waals surface area contributed by atoms with Gasteiger partial charge in [0.1, 0.15) is 0 Å². The Morgan fingerprint density at radius 2 is 1.97 bits per heavy atom. The quantitative estimate of drug-likeness (QED) is 0.572. The molecule has 0 radical (unpaired) electrons. The number of hydrogen-bond donors (Lipinski definition) is 1. The summed E-state index contributed by atoms with van der Waals surface area (Å²) >= 11 is 6.29. The molecule has 1 aromatic rings. The molecule has 11 heteroatoms. The van der Waals surface area contributed by atoms with Crippen LogP contribution in [0.15, 0.2) is 18.2 Å². The molecule has 1 aromatic carbocycles. The SMILES string of the molecule is CN(C)S(=O)(=O)NCCCS(=O)(=O)N1CCC[C@@H]2CN3CCc4ccc(Cl)cc4[C@@H]3C[C@@H]21. The number of fused-ring (bicyclic) bond motifs is 4. The molecule has 3 aliphatic rings. The molecule has 1 N–H and O–H groups in total. The minimum absolute atomic E-state index is 0.0154. The van der Waals surface area contributed by atoms with Crippen LogP contribution in [0, 0.1) is 5.92 Å². The van der Waals surface area contributed by atoms with E-state index in [0.29, 0.717) is 12.5 Å². The van der Waals surface area contributed by atoms with Crippen LogP contribution in [0.5, 0.6) is 0 Å². The molecular formula is C21H33ClN4O4S2. The summed E-state index contributed by atoms with van der Waals surface area (Å²) in [7, 11) is -4.14. The van der Waals surface area contributed by atoms with Crippen LogP contribution in [0.1, 0.15) is 42.9 Å². The van der Waals surface area contributed by atoms with E-state index in [0.717, 1.165) is 48.1 Å². The fourth-order valence-electron chi connectivity index (χ4n) is 5.42. The molecule has 0 bridgehead atoms. The molecule has 3 heterocycles. The van der Waals surface area contributed by atoms with Crippen LogP contribution in [-0.4, -0.2) is 82.4 Å². The van der Waals surface area contributed by atoms with Gasteiger partial charge < -0.3 is 0 Å². The Hall–Kier alpha value is -0.750. The van der Waals surface area contributed by atoms with E-state index in [1.54, 1.807) is 4.31 Å². The van der Waals surface area contributed by atoms with Crippen molar-refractivity contribution in [3.63, 3.8) is 0 Å². The van der Waals surface area contributed by atoms with Gasteiger partial charge in [-0.2, -0.15) is 17.0 Å². The third kappa shape index (κ3) is 5.01. The van der Waals surface area contributed by atoms with Crippen molar-refractivity contribution in [2.75, 3.05) is 46.0 Å². The van der Waals surface area contributed by atoms with Crippen molar-refractivity contribution in [2.24, 2.45) is 5.92 Å². The number of benzene rings is 1. The van der Waals surface area contributed by atoms with Crippen molar-refractivity contribution in [2.45, 2.75) is 44.2 Å². The molecule has 3 aliphatic heterocycles. The van der Waals surface area contributed by atoms with Crippen LogP contribution in [-0.2, 0) is 26.7 Å². The number of rotatable bonds is 7. The third-order valence-corrected chi connectivity index (χ3v) is 10.8. The largest absolute Gasteiger partial charge is 0.296 e. The van der Waals surface area contributed by atoms with Gasteiger partial charge in [0.15, 0.2) is 0 Å². The van der Waals surface area contributed by atoms with E-state index in [-0.39, 0.29) is 30.8 Å². The van der Waals surface area contributed by atoms with Gasteiger partial charge in [0.05, 0.1) is 5.75 Å². The first kappa shape index (κ1) is 24.4. The summed E-state index contributed by atoms with van der Waals surface area (Å²) in [6.45, 7) is 2.56. The molecule has 2 saturated heterocycles. The molecule has 0 amide bonds. The molecule has 4 rings (SSSR count). The van der Waals surface area contributed by atoms with E-state index >= 15 is 0 Å². The lowest BCUT2D eigenvalue weighted by molar-refractivity contribution is 0.0220. The van der Waals surface area contributed by atoms with Crippen LogP contribution < -0.4 is 4.72 Å². The maximum Gasteiger partial charge on any atom is 0.278 e. The predicted octanol–water partition coefficient (Wildman–Crippen LogP) is 1.84. The summed E-state index contributed by atoms with van der Waals surface area (Å²) in [5.74, 6) is 0.283. The highest BCUT2D eigenvalue weighted by Gasteiger charge is 2.45. The van der Waals surface area contributed by atoms with E-state index < -0.39 is 20.2 Å². The Morgan fingerprint density at radius 1 is 1.19 bits per heavy atom. The van der Waals surface area contributed by atoms with Crippen molar-refractivity contribution in [1.29, 1.82) is 0 Å². The van der Waals surface area contributed by atoms with E-state index in [1.807, 2.05) is 12.1 Å². The highest BCUT2D eigenvalue weighted by atomic mass is 35.5. The molecular weight excluding hydrogens is 472 g/mol. The van der Waals surface area contributed by atoms with E-state index in [4.69, 9.17) is 11.6 Å². The molecule has 0 unspecified atom stereocenters. The van der Waals surface area contributed by atoms with Gasteiger partial charge in [0, 0.05) is 57.4 Å². The molecule has 0 aromatic heterocycles. The third-order valence-electron chi connectivity index (χ3n) is 7.08. The summed E-state index contributed by atoms with van der Waals surface area (Å²) < 4.78 is 55.5. The summed E-state index contributed by atoms with van der Waals surface area (Å²) in [5.41, 5.74) is 2.55. The number of sulfonamides is 1. The van der Waals surface area contributed by atoms with Crippen LogP contribution in [0.2, 0.25) is 5.02 Å². The van der Waals surface area contributed by atoms with Gasteiger partial charge >= 0.3 is 0 Å². The molecule has 0 spiro atoms. The molecule has 0 saturated carbocycles. The maximum absolute atomic E-state index is 13.3. The van der Waals surface area contributed by atoms with Crippen molar-refractivity contribution in [3.05, 3.63) is 34.3 Å². The number of nitrogens with one attached hydrogen (secondary N) is 1. The molecule has 8 nitrogen and oxygen atoms in total. The minimum atomic E-state index is -3.55. The van der Waals surface area contributed by atoms with Crippen LogP contribution >= 0.6 is 11.6 Å². The number of hydrogen-bond acceptors (Lipinski definition) is 5. The Kier molecular flexibility index (Phi) is 7.22. The van der Waals surface area contributed by atoms with Crippen LogP contribution in [0.3, 0.4) is 0 Å². The average Bonchev–Trinajstić information content (AvgIpc) is 2.74. The van der Waals surface area contributed by atoms with Crippen molar-refractivity contribution in [1.82, 2.24) is 18.2 Å². The summed E-state index contributed by atoms with van der Waals surface area (Å²) in [6, 6.07) is 6.27. The first-order chi connectivity index (χ1) is 15.1. The lowest BCUT2D eigenvalue weighted by atomic mass is 9.77. The zero-order valence-electron chi connectivity index (χ0n) is 18.7. The fourth-order valence-corrected chi connectivity index (χ4v) is 8.08. The highest BCUT2D eigenvalue weighted by Crippen LogP contribution is 2.44. The van der Waals surface area contributed by atoms with E-state index in [9.17, 15) is 16.8 Å². The topological polar surface area (TPSA) is 90.0 Å². The van der Waals surface area contributed by atoms with Crippen LogP contribution in [0.4, 0.5) is 0 Å². The van der Waals surface area contributed by atoms with Gasteiger partial charge in [-0.3, -0.25) is 4.90 Å². The van der Waals surface area contributed by atoms with Gasteiger partial charge in [-0.05, 0) is 61.3 Å². The second-order valence-corrected chi connectivity index (χ2v) is 13.7. The Bertz CT molecular complexity index is 1050. The van der Waals surface area contributed by atoms with Crippen LogP contribution in [0.25, 0.3) is 0 Å². The minimum Gasteiger partial charge on any atom is -0.296 e. The molecule has 180 valence electrons. The first-order valence-corrected chi connectivity index (χ1v) is 14.7. The first-order valence-electron chi connectivity index (χ1n) is 11.3. The number of piperidine rings is 2. The lowest BCUT2D eigenvalue weighted by Gasteiger charge is -2.51. The second-order valence-electron chi connectivity index (χ2n) is 9.27. The predicted molar refractivity (Wildman–Crippen MR) is 126 cm³/mol. The lowest BCUT2D eigenvalue weighted by Crippen LogP contribution is -2.57. The van der Waals surface area contributed by atoms with E-state index in [2.05, 4.69) is 15.7 Å². The Labute approximate surface area is 197 Å². The van der Waals surface area contributed by atoms with Gasteiger partial charge in [0.25, 0.3) is 10.2 Å². The smallest absolute Gasteiger partial charge is 0.278 e. The zero-order valence-corrected chi connectivity index (χ0v) is 21.1. The van der Waals surface area contributed by atoms with Crippen molar-refractivity contribution >= 4 is 31.8 Å². The van der Waals surface area contributed by atoms with Crippen molar-refractivity contribution in [3.8, 4) is 0 Å². The normalized spacial score (nSPS) is 27.1. The zero-order chi connectivity index (χ0) is 23.1. The highest BCUT2D eigenvalue weighted by molar-refractivity contribution is 7.89. The number of halogens is 1. The average molecular weight is 505 g/mol. The van der Waals surface area contributed by atoms with Gasteiger partial charge in [-0.25, -0.2) is 13.1 Å².